The lowest BCUT2D eigenvalue weighted by atomic mass is 10.1. The maximum Gasteiger partial charge on any atom is 0.245 e. The third-order valence-electron chi connectivity index (χ3n) is 3.53. The van der Waals surface area contributed by atoms with E-state index in [1.54, 1.807) is 30.3 Å². The van der Waals surface area contributed by atoms with Gasteiger partial charge in [-0.15, -0.1) is 0 Å². The van der Waals surface area contributed by atoms with E-state index < -0.39 is 15.9 Å². The number of halogens is 2. The summed E-state index contributed by atoms with van der Waals surface area (Å²) in [6, 6.07) is 12.1. The number of rotatable bonds is 6. The number of aryl methyl sites for hydroxylation is 1. The summed E-state index contributed by atoms with van der Waals surface area (Å²) in [5.74, 6) is -0.449. The molecule has 0 aliphatic heterocycles. The van der Waals surface area contributed by atoms with Gasteiger partial charge in [0.25, 0.3) is 0 Å². The van der Waals surface area contributed by atoms with Gasteiger partial charge in [0.15, 0.2) is 0 Å². The number of carbonyl (C=O) groups excluding carboxylic acids is 1. The molecule has 0 radical (unpaired) electrons. The van der Waals surface area contributed by atoms with E-state index in [-0.39, 0.29) is 6.54 Å². The fourth-order valence-electron chi connectivity index (χ4n) is 2.34. The highest BCUT2D eigenvalue weighted by molar-refractivity contribution is 9.10. The lowest BCUT2D eigenvalue weighted by Gasteiger charge is -2.24. The summed E-state index contributed by atoms with van der Waals surface area (Å²) in [6.45, 7) is 1.62. The summed E-state index contributed by atoms with van der Waals surface area (Å²) in [5.41, 5.74) is 1.86. The van der Waals surface area contributed by atoms with Crippen LogP contribution in [0.1, 0.15) is 12.5 Å². The number of nitrogens with one attached hydrogen (secondary N) is 1. The van der Waals surface area contributed by atoms with Gasteiger partial charge in [-0.2, -0.15) is 0 Å². The second kappa shape index (κ2) is 8.21. The Balaban J connectivity index is 2.25. The van der Waals surface area contributed by atoms with Gasteiger partial charge in [-0.1, -0.05) is 36.7 Å². The fourth-order valence-corrected chi connectivity index (χ4v) is 3.65. The van der Waals surface area contributed by atoms with E-state index in [0.717, 1.165) is 16.1 Å². The number of para-hydroxylation sites is 1. The molecule has 0 aliphatic rings. The van der Waals surface area contributed by atoms with E-state index in [9.17, 15) is 13.2 Å². The molecule has 0 unspecified atom stereocenters. The molecule has 2 aromatic carbocycles. The average molecular weight is 446 g/mol. The number of hydrogen-bond donors (Lipinski definition) is 1. The zero-order valence-electron chi connectivity index (χ0n) is 13.8. The van der Waals surface area contributed by atoms with Crippen LogP contribution in [0.5, 0.6) is 0 Å². The van der Waals surface area contributed by atoms with Crippen LogP contribution in [0.4, 0.5) is 11.4 Å². The fraction of sp³-hybridized carbons (Fsp3) is 0.235. The van der Waals surface area contributed by atoms with Gasteiger partial charge in [0.2, 0.25) is 15.9 Å². The molecule has 0 fully saturated rings. The zero-order chi connectivity index (χ0) is 18.6. The molecule has 134 valence electrons. The average Bonchev–Trinajstić information content (AvgIpc) is 2.55. The smallest absolute Gasteiger partial charge is 0.245 e. The molecule has 5 nitrogen and oxygen atoms in total. The molecule has 2 aromatic rings. The molecule has 0 saturated carbocycles. The number of amides is 1. The van der Waals surface area contributed by atoms with Crippen LogP contribution in [0.3, 0.4) is 0 Å². The standard InChI is InChI=1S/C17H18BrClN2O3S/c1-3-12-6-4-5-7-16(12)21(25(2,23)24)11-17(22)20-13-8-9-14(18)15(19)10-13/h4-10H,3,11H2,1-2H3,(H,20,22). The van der Waals surface area contributed by atoms with Crippen molar-refractivity contribution in [3.63, 3.8) is 0 Å². The van der Waals surface area contributed by atoms with Gasteiger partial charge < -0.3 is 5.32 Å². The first-order chi connectivity index (χ1) is 11.7. The summed E-state index contributed by atoms with van der Waals surface area (Å²) in [5, 5.41) is 3.12. The van der Waals surface area contributed by atoms with Crippen molar-refractivity contribution in [2.75, 3.05) is 22.4 Å². The van der Waals surface area contributed by atoms with Crippen LogP contribution < -0.4 is 9.62 Å². The lowest BCUT2D eigenvalue weighted by Crippen LogP contribution is -2.38. The van der Waals surface area contributed by atoms with Gasteiger partial charge in [0.1, 0.15) is 6.54 Å². The summed E-state index contributed by atoms with van der Waals surface area (Å²) < 4.78 is 26.2. The molecule has 1 N–H and O–H groups in total. The minimum absolute atomic E-state index is 0.316. The largest absolute Gasteiger partial charge is 0.324 e. The van der Waals surface area contributed by atoms with Crippen molar-refractivity contribution < 1.29 is 13.2 Å². The first kappa shape index (κ1) is 19.8. The molecule has 0 bridgehead atoms. The molecule has 1 amide bonds. The highest BCUT2D eigenvalue weighted by atomic mass is 79.9. The molecular weight excluding hydrogens is 428 g/mol. The number of benzene rings is 2. The highest BCUT2D eigenvalue weighted by Crippen LogP contribution is 2.26. The molecule has 0 saturated heterocycles. The Morgan fingerprint density at radius 1 is 1.24 bits per heavy atom. The Hall–Kier alpha value is -1.57. The van der Waals surface area contributed by atoms with Crippen molar-refractivity contribution in [1.29, 1.82) is 0 Å². The number of carbonyl (C=O) groups is 1. The van der Waals surface area contributed by atoms with E-state index in [0.29, 0.717) is 27.3 Å². The summed E-state index contributed by atoms with van der Waals surface area (Å²) in [7, 11) is -3.61. The van der Waals surface area contributed by atoms with E-state index in [2.05, 4.69) is 21.2 Å². The second-order valence-electron chi connectivity index (χ2n) is 5.43. The number of hydrogen-bond acceptors (Lipinski definition) is 3. The molecule has 0 spiro atoms. The molecular formula is C17H18BrClN2O3S. The SMILES string of the molecule is CCc1ccccc1N(CC(=O)Nc1ccc(Br)c(Cl)c1)S(C)(=O)=O. The quantitative estimate of drug-likeness (QED) is 0.729. The summed E-state index contributed by atoms with van der Waals surface area (Å²) in [6.07, 6.45) is 1.75. The van der Waals surface area contributed by atoms with Crippen LogP contribution in [0.25, 0.3) is 0 Å². The van der Waals surface area contributed by atoms with Gasteiger partial charge in [0.05, 0.1) is 17.0 Å². The molecule has 0 aliphatic carbocycles. The predicted molar refractivity (Wildman–Crippen MR) is 106 cm³/mol. The minimum atomic E-state index is -3.61. The van der Waals surface area contributed by atoms with Crippen molar-refractivity contribution in [2.45, 2.75) is 13.3 Å². The third-order valence-corrected chi connectivity index (χ3v) is 5.89. The number of sulfonamides is 1. The maximum absolute atomic E-state index is 12.4. The van der Waals surface area contributed by atoms with Crippen molar-refractivity contribution in [2.24, 2.45) is 0 Å². The highest BCUT2D eigenvalue weighted by Gasteiger charge is 2.22. The van der Waals surface area contributed by atoms with Gasteiger partial charge in [0, 0.05) is 10.2 Å². The number of anilines is 2. The minimum Gasteiger partial charge on any atom is -0.324 e. The van der Waals surface area contributed by atoms with Gasteiger partial charge >= 0.3 is 0 Å². The Kier molecular flexibility index (Phi) is 6.48. The van der Waals surface area contributed by atoms with Crippen molar-refractivity contribution in [1.82, 2.24) is 0 Å². The number of nitrogens with zero attached hydrogens (tertiary/aromatic N) is 1. The van der Waals surface area contributed by atoms with Gasteiger partial charge in [-0.25, -0.2) is 8.42 Å². The monoisotopic (exact) mass is 444 g/mol. The van der Waals surface area contributed by atoms with Crippen molar-refractivity contribution in [3.05, 3.63) is 57.5 Å². The molecule has 0 atom stereocenters. The molecule has 2 rings (SSSR count). The van der Waals surface area contributed by atoms with Crippen LogP contribution >= 0.6 is 27.5 Å². The Morgan fingerprint density at radius 3 is 2.52 bits per heavy atom. The molecule has 8 heteroatoms. The first-order valence-corrected chi connectivity index (χ1v) is 10.5. The summed E-state index contributed by atoms with van der Waals surface area (Å²) in [4.78, 5) is 12.4. The van der Waals surface area contributed by atoms with Crippen LogP contribution in [-0.2, 0) is 21.2 Å². The zero-order valence-corrected chi connectivity index (χ0v) is 17.0. The van der Waals surface area contributed by atoms with Crippen LogP contribution in [0.15, 0.2) is 46.9 Å². The predicted octanol–water partition coefficient (Wildman–Crippen LogP) is 4.07. The van der Waals surface area contributed by atoms with E-state index in [1.165, 1.54) is 0 Å². The first-order valence-electron chi connectivity index (χ1n) is 7.53. The van der Waals surface area contributed by atoms with Crippen molar-refractivity contribution in [3.8, 4) is 0 Å². The molecule has 0 heterocycles. The van der Waals surface area contributed by atoms with Gasteiger partial charge in [-0.05, 0) is 52.2 Å². The Bertz CT molecular complexity index is 887. The Labute approximate surface area is 161 Å². The second-order valence-corrected chi connectivity index (χ2v) is 8.60. The molecule has 0 aromatic heterocycles. The van der Waals surface area contributed by atoms with Crippen LogP contribution in [0, 0.1) is 0 Å². The van der Waals surface area contributed by atoms with E-state index >= 15 is 0 Å². The van der Waals surface area contributed by atoms with E-state index in [4.69, 9.17) is 11.6 Å². The topological polar surface area (TPSA) is 66.5 Å². The maximum atomic E-state index is 12.4. The Morgan fingerprint density at radius 2 is 1.92 bits per heavy atom. The molecule has 25 heavy (non-hydrogen) atoms. The van der Waals surface area contributed by atoms with Gasteiger partial charge in [-0.3, -0.25) is 9.10 Å². The van der Waals surface area contributed by atoms with Crippen LogP contribution in [0.2, 0.25) is 5.02 Å². The van der Waals surface area contributed by atoms with Crippen LogP contribution in [-0.4, -0.2) is 27.1 Å². The summed E-state index contributed by atoms with van der Waals surface area (Å²) >= 11 is 9.28. The lowest BCUT2D eigenvalue weighted by molar-refractivity contribution is -0.114. The normalized spacial score (nSPS) is 11.2. The van der Waals surface area contributed by atoms with Crippen molar-refractivity contribution >= 4 is 54.8 Å². The van der Waals surface area contributed by atoms with E-state index in [1.807, 2.05) is 19.1 Å². The third kappa shape index (κ3) is 5.20.